The number of nitrogens with zero attached hydrogens (tertiary/aromatic N) is 2. The molecule has 0 bridgehead atoms. The van der Waals surface area contributed by atoms with Gasteiger partial charge in [-0.2, -0.15) is 5.10 Å². The van der Waals surface area contributed by atoms with E-state index in [1.54, 1.807) is 12.1 Å². The van der Waals surface area contributed by atoms with Gasteiger partial charge in [0.2, 0.25) is 0 Å². The van der Waals surface area contributed by atoms with Gasteiger partial charge in [0.1, 0.15) is 0 Å². The van der Waals surface area contributed by atoms with E-state index in [-0.39, 0.29) is 17.0 Å². The van der Waals surface area contributed by atoms with E-state index in [4.69, 9.17) is 4.74 Å². The van der Waals surface area contributed by atoms with E-state index in [1.807, 2.05) is 17.9 Å². The van der Waals surface area contributed by atoms with Gasteiger partial charge < -0.3 is 10.1 Å². The molecule has 114 valence electrons. The summed E-state index contributed by atoms with van der Waals surface area (Å²) in [6, 6.07) is 4.75. The van der Waals surface area contributed by atoms with Gasteiger partial charge in [0.25, 0.3) is 0 Å². The molecular weight excluding hydrogens is 269 g/mol. The van der Waals surface area contributed by atoms with Crippen LogP contribution in [0.1, 0.15) is 32.0 Å². The molecule has 0 unspecified atom stereocenters. The van der Waals surface area contributed by atoms with E-state index in [2.05, 4.69) is 31.2 Å². The van der Waals surface area contributed by atoms with E-state index >= 15 is 0 Å². The first-order valence-corrected chi connectivity index (χ1v) is 6.91. The summed E-state index contributed by atoms with van der Waals surface area (Å²) >= 11 is 0. The zero-order valence-electron chi connectivity index (χ0n) is 13.2. The van der Waals surface area contributed by atoms with Gasteiger partial charge in [-0.05, 0) is 12.1 Å². The molecule has 2 aromatic rings. The molecule has 2 rings (SSSR count). The Labute approximate surface area is 124 Å². The zero-order valence-corrected chi connectivity index (χ0v) is 13.2. The Morgan fingerprint density at radius 2 is 2.05 bits per heavy atom. The maximum atomic E-state index is 13.4. The third-order valence-electron chi connectivity index (χ3n) is 3.25. The third kappa shape index (κ3) is 3.54. The van der Waals surface area contributed by atoms with Gasteiger partial charge in [-0.3, -0.25) is 4.68 Å². The van der Waals surface area contributed by atoms with Crippen LogP contribution in [0, 0.1) is 5.82 Å². The number of aromatic nitrogens is 2. The molecule has 0 aliphatic rings. The zero-order chi connectivity index (χ0) is 15.6. The molecule has 0 radical (unpaired) electrons. The Morgan fingerprint density at radius 1 is 1.33 bits per heavy atom. The van der Waals surface area contributed by atoms with Crippen molar-refractivity contribution >= 4 is 5.69 Å². The van der Waals surface area contributed by atoms with Gasteiger partial charge in [-0.25, -0.2) is 4.39 Å². The summed E-state index contributed by atoms with van der Waals surface area (Å²) in [5.74, 6) is -0.123. The van der Waals surface area contributed by atoms with Crippen LogP contribution in [0.25, 0.3) is 0 Å². The van der Waals surface area contributed by atoms with Gasteiger partial charge in [0.15, 0.2) is 11.6 Å². The lowest BCUT2D eigenvalue weighted by atomic mass is 9.89. The molecule has 21 heavy (non-hydrogen) atoms. The highest BCUT2D eigenvalue weighted by molar-refractivity contribution is 5.49. The summed E-state index contributed by atoms with van der Waals surface area (Å²) in [6.45, 7) is 7.05. The monoisotopic (exact) mass is 291 g/mol. The minimum Gasteiger partial charge on any atom is -0.494 e. The number of hydrogen-bond donors (Lipinski definition) is 1. The fourth-order valence-corrected chi connectivity index (χ4v) is 2.27. The predicted octanol–water partition coefficient (Wildman–Crippen LogP) is 3.48. The molecule has 0 aliphatic carbocycles. The lowest BCUT2D eigenvalue weighted by Gasteiger charge is -2.18. The Morgan fingerprint density at radius 3 is 2.67 bits per heavy atom. The predicted molar refractivity (Wildman–Crippen MR) is 82.2 cm³/mol. The van der Waals surface area contributed by atoms with Crippen LogP contribution in [0.4, 0.5) is 10.1 Å². The van der Waals surface area contributed by atoms with Crippen molar-refractivity contribution in [1.82, 2.24) is 9.78 Å². The number of nitrogens with one attached hydrogen (secondary N) is 1. The molecule has 1 heterocycles. The molecule has 0 atom stereocenters. The van der Waals surface area contributed by atoms with E-state index in [9.17, 15) is 4.39 Å². The summed E-state index contributed by atoms with van der Waals surface area (Å²) in [5, 5.41) is 7.82. The second-order valence-electron chi connectivity index (χ2n) is 6.13. The van der Waals surface area contributed by atoms with Crippen molar-refractivity contribution in [2.45, 2.75) is 32.7 Å². The lowest BCUT2D eigenvalue weighted by Crippen LogP contribution is -2.16. The summed E-state index contributed by atoms with van der Waals surface area (Å²) < 4.78 is 20.2. The Kier molecular flexibility index (Phi) is 4.21. The van der Waals surface area contributed by atoms with Crippen molar-refractivity contribution in [2.24, 2.45) is 7.05 Å². The van der Waals surface area contributed by atoms with Crippen LogP contribution < -0.4 is 10.1 Å². The fourth-order valence-electron chi connectivity index (χ4n) is 2.27. The van der Waals surface area contributed by atoms with Crippen LogP contribution in [0.3, 0.4) is 0 Å². The number of ether oxygens (including phenoxy) is 1. The number of anilines is 1. The number of halogens is 1. The van der Waals surface area contributed by atoms with Gasteiger partial charge in [-0.15, -0.1) is 0 Å². The van der Waals surface area contributed by atoms with E-state index in [0.717, 1.165) is 16.9 Å². The topological polar surface area (TPSA) is 39.1 Å². The number of methoxy groups -OCH3 is 1. The van der Waals surface area contributed by atoms with Crippen LogP contribution >= 0.6 is 0 Å². The largest absolute Gasteiger partial charge is 0.494 e. The number of aryl methyl sites for hydroxylation is 1. The van der Waals surface area contributed by atoms with Crippen LogP contribution in [0.2, 0.25) is 0 Å². The highest BCUT2D eigenvalue weighted by atomic mass is 19.1. The number of benzene rings is 1. The van der Waals surface area contributed by atoms with Gasteiger partial charge in [0.05, 0.1) is 12.8 Å². The highest BCUT2D eigenvalue weighted by Gasteiger charge is 2.21. The molecule has 0 fully saturated rings. The van der Waals surface area contributed by atoms with Crippen molar-refractivity contribution in [3.8, 4) is 5.75 Å². The standard InChI is InChI=1S/C16H22FN3O/c1-16(2,3)15-11(10-20(4)19-15)9-18-12-6-7-13(17)14(8-12)21-5/h6-8,10,18H,9H2,1-5H3. The van der Waals surface area contributed by atoms with Crippen molar-refractivity contribution in [1.29, 1.82) is 0 Å². The Hall–Kier alpha value is -2.04. The lowest BCUT2D eigenvalue weighted by molar-refractivity contribution is 0.387. The van der Waals surface area contributed by atoms with Crippen molar-refractivity contribution in [3.05, 3.63) is 41.5 Å². The molecule has 0 amide bonds. The molecule has 0 saturated carbocycles. The molecule has 0 saturated heterocycles. The first-order chi connectivity index (χ1) is 9.81. The minimum atomic E-state index is -0.361. The maximum absolute atomic E-state index is 13.4. The average molecular weight is 291 g/mol. The van der Waals surface area contributed by atoms with Crippen molar-refractivity contribution < 1.29 is 9.13 Å². The normalized spacial score (nSPS) is 11.5. The number of rotatable bonds is 4. The highest BCUT2D eigenvalue weighted by Crippen LogP contribution is 2.26. The molecule has 4 nitrogen and oxygen atoms in total. The van der Waals surface area contributed by atoms with E-state index < -0.39 is 0 Å². The average Bonchev–Trinajstić information content (AvgIpc) is 2.79. The van der Waals surface area contributed by atoms with Crippen molar-refractivity contribution in [2.75, 3.05) is 12.4 Å². The molecule has 0 spiro atoms. The SMILES string of the molecule is COc1cc(NCc2cn(C)nc2C(C)(C)C)ccc1F. The van der Waals surface area contributed by atoms with Gasteiger partial charge in [0, 0.05) is 42.5 Å². The molecule has 0 aliphatic heterocycles. The van der Waals surface area contributed by atoms with Crippen LogP contribution in [0.15, 0.2) is 24.4 Å². The second kappa shape index (κ2) is 5.76. The van der Waals surface area contributed by atoms with Crippen LogP contribution in [0.5, 0.6) is 5.75 Å². The fraction of sp³-hybridized carbons (Fsp3) is 0.438. The van der Waals surface area contributed by atoms with Gasteiger partial charge in [-0.1, -0.05) is 20.8 Å². The molecule has 1 aromatic carbocycles. The summed E-state index contributed by atoms with van der Waals surface area (Å²) in [4.78, 5) is 0. The van der Waals surface area contributed by atoms with Crippen molar-refractivity contribution in [3.63, 3.8) is 0 Å². The Balaban J connectivity index is 2.17. The van der Waals surface area contributed by atoms with E-state index in [0.29, 0.717) is 6.54 Å². The molecule has 5 heteroatoms. The quantitative estimate of drug-likeness (QED) is 0.937. The molecule has 1 N–H and O–H groups in total. The van der Waals surface area contributed by atoms with E-state index in [1.165, 1.54) is 13.2 Å². The first-order valence-electron chi connectivity index (χ1n) is 6.91. The molecule has 1 aromatic heterocycles. The van der Waals surface area contributed by atoms with Crippen LogP contribution in [-0.4, -0.2) is 16.9 Å². The van der Waals surface area contributed by atoms with Gasteiger partial charge >= 0.3 is 0 Å². The maximum Gasteiger partial charge on any atom is 0.165 e. The number of hydrogen-bond acceptors (Lipinski definition) is 3. The summed E-state index contributed by atoms with van der Waals surface area (Å²) in [6.07, 6.45) is 2.01. The summed E-state index contributed by atoms with van der Waals surface area (Å²) in [7, 11) is 3.38. The smallest absolute Gasteiger partial charge is 0.165 e. The molecular formula is C16H22FN3O. The van der Waals surface area contributed by atoms with Crippen LogP contribution in [-0.2, 0) is 19.0 Å². The second-order valence-corrected chi connectivity index (χ2v) is 6.13. The first kappa shape index (κ1) is 15.4. The third-order valence-corrected chi connectivity index (χ3v) is 3.25. The Bertz CT molecular complexity index is 629. The summed E-state index contributed by atoms with van der Waals surface area (Å²) in [5.41, 5.74) is 3.00. The minimum absolute atomic E-state index is 0.0151.